The molecule has 2 aromatic carbocycles. The van der Waals surface area contributed by atoms with Crippen molar-refractivity contribution in [3.05, 3.63) is 95.5 Å². The van der Waals surface area contributed by atoms with Crippen molar-refractivity contribution in [3.8, 4) is 0 Å². The minimum absolute atomic E-state index is 0.155. The van der Waals surface area contributed by atoms with Crippen LogP contribution in [0.15, 0.2) is 88.4 Å². The van der Waals surface area contributed by atoms with Crippen LogP contribution < -0.4 is 5.73 Å². The highest BCUT2D eigenvalue weighted by Crippen LogP contribution is 2.47. The van der Waals surface area contributed by atoms with E-state index < -0.39 is 0 Å². The van der Waals surface area contributed by atoms with E-state index in [-0.39, 0.29) is 11.2 Å². The number of hydrogen-bond acceptors (Lipinski definition) is 4. The molecule has 160 valence electrons. The number of nitrogens with two attached hydrogens (primary N) is 1. The van der Waals surface area contributed by atoms with Crippen LogP contribution in [0.2, 0.25) is 0 Å². The first kappa shape index (κ1) is 21.6. The van der Waals surface area contributed by atoms with E-state index in [0.29, 0.717) is 0 Å². The van der Waals surface area contributed by atoms with Gasteiger partial charge in [-0.3, -0.25) is 0 Å². The van der Waals surface area contributed by atoms with Gasteiger partial charge in [0.25, 0.3) is 0 Å². The Hall–Kier alpha value is -2.63. The maximum Gasteiger partial charge on any atom is 0.123 e. The highest BCUT2D eigenvalue weighted by atomic mass is 32.2. The molecular formula is C26H28FN3S. The van der Waals surface area contributed by atoms with Gasteiger partial charge < -0.3 is 5.73 Å². The van der Waals surface area contributed by atoms with Crippen LogP contribution in [0.4, 0.5) is 10.1 Å². The Labute approximate surface area is 188 Å². The van der Waals surface area contributed by atoms with Crippen molar-refractivity contribution < 1.29 is 4.39 Å². The zero-order chi connectivity index (χ0) is 22.0. The molecule has 1 saturated heterocycles. The Morgan fingerprint density at radius 3 is 2.61 bits per heavy atom. The van der Waals surface area contributed by atoms with Crippen LogP contribution in [-0.4, -0.2) is 23.1 Å². The summed E-state index contributed by atoms with van der Waals surface area (Å²) < 4.78 is 15.7. The fraction of sp³-hybridized carbons (Fsp3) is 0.269. The minimum atomic E-state index is -0.264. The Kier molecular flexibility index (Phi) is 6.17. The average molecular weight is 434 g/mol. The number of fused-ring (bicyclic) bond motifs is 1. The normalized spacial score (nSPS) is 24.2. The number of allylic oxidation sites excluding steroid dienone is 2. The second-order valence-electron chi connectivity index (χ2n) is 8.32. The average Bonchev–Trinajstić information content (AvgIpc) is 2.77. The third-order valence-corrected chi connectivity index (χ3v) is 7.29. The number of hydrogen-bond donors (Lipinski definition) is 1. The molecule has 2 N–H and O–H groups in total. The van der Waals surface area contributed by atoms with Gasteiger partial charge in [0.2, 0.25) is 0 Å². The summed E-state index contributed by atoms with van der Waals surface area (Å²) in [6.07, 6.45) is 7.60. The molecule has 4 rings (SSSR count). The van der Waals surface area contributed by atoms with Gasteiger partial charge in [0.1, 0.15) is 5.82 Å². The van der Waals surface area contributed by atoms with E-state index >= 15 is 0 Å². The quantitative estimate of drug-likeness (QED) is 0.456. The second-order valence-corrected chi connectivity index (χ2v) is 9.49. The largest absolute Gasteiger partial charge is 0.404 e. The van der Waals surface area contributed by atoms with Crippen LogP contribution in [-0.2, 0) is 0 Å². The van der Waals surface area contributed by atoms with Gasteiger partial charge in [-0.2, -0.15) is 0 Å². The second kappa shape index (κ2) is 8.85. The maximum absolute atomic E-state index is 13.3. The van der Waals surface area contributed by atoms with E-state index in [9.17, 15) is 4.39 Å². The van der Waals surface area contributed by atoms with Crippen LogP contribution >= 0.6 is 11.9 Å². The van der Waals surface area contributed by atoms with Crippen molar-refractivity contribution in [1.29, 1.82) is 0 Å². The lowest BCUT2D eigenvalue weighted by Gasteiger charge is -2.45. The molecule has 5 heteroatoms. The van der Waals surface area contributed by atoms with Crippen LogP contribution in [0.5, 0.6) is 0 Å². The van der Waals surface area contributed by atoms with E-state index in [1.807, 2.05) is 11.9 Å². The molecule has 2 aromatic rings. The van der Waals surface area contributed by atoms with Crippen molar-refractivity contribution in [1.82, 2.24) is 4.31 Å². The standard InChI is InChI=1S/C26H28FN3S/c1-4-26-15-20(16-28)25(29-23-8-6-22(27)7-9-23)14-21(26)11-12-30(17-26)31-24-10-5-18(2)19(3)13-24/h4-10,13-14,16H,1,11-12,15,17,28H2,2-3H3. The van der Waals surface area contributed by atoms with Gasteiger partial charge in [-0.05, 0) is 104 Å². The van der Waals surface area contributed by atoms with Gasteiger partial charge in [-0.25, -0.2) is 13.7 Å². The molecule has 0 spiro atoms. The number of halogens is 1. The first-order valence-electron chi connectivity index (χ1n) is 10.5. The summed E-state index contributed by atoms with van der Waals surface area (Å²) >= 11 is 1.81. The molecule has 1 fully saturated rings. The fourth-order valence-electron chi connectivity index (χ4n) is 4.23. The lowest BCUT2D eigenvalue weighted by atomic mass is 9.67. The first-order valence-corrected chi connectivity index (χ1v) is 11.3. The Bertz CT molecular complexity index is 1080. The van der Waals surface area contributed by atoms with Gasteiger partial charge in [-0.15, -0.1) is 6.58 Å². The monoisotopic (exact) mass is 433 g/mol. The zero-order valence-corrected chi connectivity index (χ0v) is 18.9. The smallest absolute Gasteiger partial charge is 0.123 e. The van der Waals surface area contributed by atoms with Crippen LogP contribution in [0.3, 0.4) is 0 Å². The molecule has 1 atom stereocenters. The number of rotatable bonds is 4. The van der Waals surface area contributed by atoms with E-state index in [2.05, 4.69) is 55.1 Å². The van der Waals surface area contributed by atoms with Gasteiger partial charge in [-0.1, -0.05) is 17.7 Å². The molecular weight excluding hydrogens is 405 g/mol. The highest BCUT2D eigenvalue weighted by molar-refractivity contribution is 7.97. The molecule has 3 nitrogen and oxygen atoms in total. The summed E-state index contributed by atoms with van der Waals surface area (Å²) in [4.78, 5) is 6.01. The van der Waals surface area contributed by atoms with Gasteiger partial charge >= 0.3 is 0 Å². The summed E-state index contributed by atoms with van der Waals surface area (Å²) in [7, 11) is 0. The molecule has 2 aliphatic rings. The van der Waals surface area contributed by atoms with E-state index in [4.69, 9.17) is 10.7 Å². The van der Waals surface area contributed by atoms with E-state index in [1.165, 1.54) is 33.7 Å². The third kappa shape index (κ3) is 4.53. The number of aryl methyl sites for hydroxylation is 2. The number of nitrogens with zero attached hydrogens (tertiary/aromatic N) is 2. The van der Waals surface area contributed by atoms with Crippen molar-refractivity contribution in [2.24, 2.45) is 16.1 Å². The van der Waals surface area contributed by atoms with Crippen LogP contribution in [0, 0.1) is 25.1 Å². The number of benzene rings is 2. The summed E-state index contributed by atoms with van der Waals surface area (Å²) in [5, 5.41) is 0. The molecule has 1 heterocycles. The molecule has 0 aromatic heterocycles. The van der Waals surface area contributed by atoms with Crippen molar-refractivity contribution in [2.75, 3.05) is 13.1 Å². The van der Waals surface area contributed by atoms with Crippen LogP contribution in [0.25, 0.3) is 0 Å². The Morgan fingerprint density at radius 2 is 1.94 bits per heavy atom. The summed E-state index contributed by atoms with van der Waals surface area (Å²) in [5.74, 6) is -0.264. The summed E-state index contributed by atoms with van der Waals surface area (Å²) in [6, 6.07) is 12.9. The molecule has 1 aliphatic heterocycles. The van der Waals surface area contributed by atoms with Crippen LogP contribution in [0.1, 0.15) is 24.0 Å². The third-order valence-electron chi connectivity index (χ3n) is 6.26. The molecule has 0 amide bonds. The summed E-state index contributed by atoms with van der Waals surface area (Å²) in [6.45, 7) is 10.3. The Balaban J connectivity index is 1.60. The lowest BCUT2D eigenvalue weighted by molar-refractivity contribution is 0.278. The van der Waals surface area contributed by atoms with Gasteiger partial charge in [0, 0.05) is 23.4 Å². The van der Waals surface area contributed by atoms with Crippen molar-refractivity contribution in [3.63, 3.8) is 0 Å². The molecule has 0 bridgehead atoms. The molecule has 31 heavy (non-hydrogen) atoms. The topological polar surface area (TPSA) is 41.6 Å². The van der Waals surface area contributed by atoms with Crippen molar-refractivity contribution in [2.45, 2.75) is 31.6 Å². The maximum atomic E-state index is 13.3. The SMILES string of the molecule is C=CC12CC(=CN)C(=Nc3ccc(F)cc3)C=C1CCN(Sc1ccc(C)c(C)c1)C2. The molecule has 1 aliphatic carbocycles. The number of piperidine rings is 1. The molecule has 0 radical (unpaired) electrons. The van der Waals surface area contributed by atoms with Crippen molar-refractivity contribution >= 4 is 23.3 Å². The fourth-order valence-corrected chi connectivity index (χ4v) is 5.37. The first-order chi connectivity index (χ1) is 14.9. The Morgan fingerprint density at radius 1 is 1.16 bits per heavy atom. The van der Waals surface area contributed by atoms with E-state index in [0.717, 1.165) is 42.9 Å². The van der Waals surface area contributed by atoms with Gasteiger partial charge in [0.15, 0.2) is 0 Å². The highest BCUT2D eigenvalue weighted by Gasteiger charge is 2.41. The van der Waals surface area contributed by atoms with E-state index in [1.54, 1.807) is 18.3 Å². The summed E-state index contributed by atoms with van der Waals surface area (Å²) in [5.41, 5.74) is 12.4. The lowest BCUT2D eigenvalue weighted by Crippen LogP contribution is -2.43. The zero-order valence-electron chi connectivity index (χ0n) is 18.1. The molecule has 0 saturated carbocycles. The minimum Gasteiger partial charge on any atom is -0.404 e. The predicted octanol–water partition coefficient (Wildman–Crippen LogP) is 6.27. The molecule has 1 unspecified atom stereocenters. The number of aliphatic imine (C=N–C) groups is 1. The van der Waals surface area contributed by atoms with Gasteiger partial charge in [0.05, 0.1) is 11.4 Å². The predicted molar refractivity (Wildman–Crippen MR) is 129 cm³/mol.